The van der Waals surface area contributed by atoms with E-state index in [-0.39, 0.29) is 26.7 Å². The first-order chi connectivity index (χ1) is 14.4. The fourth-order valence-corrected chi connectivity index (χ4v) is 5.34. The monoisotopic (exact) mass is 483 g/mol. The van der Waals surface area contributed by atoms with Gasteiger partial charge in [-0.1, -0.05) is 23.5 Å². The molecule has 13 heteroatoms. The number of fused-ring (bicyclic) bond motifs is 1. The molecule has 3 rings (SSSR count). The van der Waals surface area contributed by atoms with Crippen molar-refractivity contribution in [1.82, 2.24) is 4.57 Å². The molecule has 0 saturated carbocycles. The maximum Gasteiger partial charge on any atom is 0.325 e. The largest absolute Gasteiger partial charge is 0.468 e. The zero-order valence-electron chi connectivity index (χ0n) is 16.3. The lowest BCUT2D eigenvalue weighted by Gasteiger charge is -2.05. The van der Waals surface area contributed by atoms with E-state index in [0.29, 0.717) is 10.2 Å². The summed E-state index contributed by atoms with van der Waals surface area (Å²) in [4.78, 5) is 28.4. The molecule has 0 bridgehead atoms. The molecule has 0 radical (unpaired) electrons. The van der Waals surface area contributed by atoms with Crippen LogP contribution in [0.25, 0.3) is 10.2 Å². The number of thiazole rings is 1. The summed E-state index contributed by atoms with van der Waals surface area (Å²) in [5, 5.41) is 5.17. The van der Waals surface area contributed by atoms with Crippen LogP contribution in [-0.2, 0) is 35.9 Å². The van der Waals surface area contributed by atoms with E-state index in [1.807, 2.05) is 0 Å². The lowest BCUT2D eigenvalue weighted by atomic mass is 10.2. The minimum atomic E-state index is -3.97. The Kier molecular flexibility index (Phi) is 6.14. The normalized spacial score (nSPS) is 12.8. The molecule has 0 unspecified atom stereocenters. The van der Waals surface area contributed by atoms with Crippen LogP contribution in [0.3, 0.4) is 0 Å². The molecular formula is C18H17N3O7S3. The van der Waals surface area contributed by atoms with Crippen molar-refractivity contribution in [3.8, 4) is 0 Å². The van der Waals surface area contributed by atoms with Crippen molar-refractivity contribution in [2.45, 2.75) is 16.3 Å². The van der Waals surface area contributed by atoms with Gasteiger partial charge in [0.05, 0.1) is 32.7 Å². The first kappa shape index (κ1) is 22.8. The average Bonchev–Trinajstić information content (AvgIpc) is 3.02. The van der Waals surface area contributed by atoms with Crippen molar-refractivity contribution >= 4 is 53.3 Å². The van der Waals surface area contributed by atoms with Crippen molar-refractivity contribution < 1.29 is 31.2 Å². The SMILES string of the molecule is COC(=O)Cn1c(=NC(=O)c2ccccc2S(C)(=O)=O)sc2cc(S(N)(=O)=O)ccc21. The number of nitrogens with two attached hydrogens (primary N) is 1. The second-order valence-corrected chi connectivity index (χ2v) is 11.0. The van der Waals surface area contributed by atoms with E-state index in [1.165, 1.54) is 54.1 Å². The lowest BCUT2D eigenvalue weighted by Crippen LogP contribution is -2.22. The molecule has 1 aromatic heterocycles. The highest BCUT2D eigenvalue weighted by atomic mass is 32.2. The molecule has 31 heavy (non-hydrogen) atoms. The minimum Gasteiger partial charge on any atom is -0.468 e. The molecule has 0 saturated heterocycles. The summed E-state index contributed by atoms with van der Waals surface area (Å²) >= 11 is 0.941. The maximum absolute atomic E-state index is 12.8. The number of aromatic nitrogens is 1. The maximum atomic E-state index is 12.8. The van der Waals surface area contributed by atoms with E-state index in [2.05, 4.69) is 9.73 Å². The molecule has 1 amide bonds. The van der Waals surface area contributed by atoms with Crippen LogP contribution in [0, 0.1) is 0 Å². The van der Waals surface area contributed by atoms with E-state index in [1.54, 1.807) is 0 Å². The number of amides is 1. The third-order valence-electron chi connectivity index (χ3n) is 4.21. The average molecular weight is 484 g/mol. The molecule has 1 heterocycles. The molecule has 2 N–H and O–H groups in total. The summed E-state index contributed by atoms with van der Waals surface area (Å²) in [6.07, 6.45) is 0.977. The standard InChI is InChI=1S/C18H17N3O7S3/c1-28-16(22)10-21-13-8-7-11(31(19,26)27)9-14(13)29-18(21)20-17(23)12-5-3-4-6-15(12)30(2,24)25/h3-9H,10H2,1-2H3,(H2,19,26,27). The van der Waals surface area contributed by atoms with Gasteiger partial charge in [0.15, 0.2) is 14.6 Å². The van der Waals surface area contributed by atoms with Crippen LogP contribution < -0.4 is 9.94 Å². The van der Waals surface area contributed by atoms with Gasteiger partial charge in [-0.25, -0.2) is 22.0 Å². The second-order valence-electron chi connectivity index (χ2n) is 6.41. The Labute approximate surface area is 181 Å². The number of nitrogens with zero attached hydrogens (tertiary/aromatic N) is 2. The molecule has 3 aromatic rings. The lowest BCUT2D eigenvalue weighted by molar-refractivity contribution is -0.141. The van der Waals surface area contributed by atoms with Crippen LogP contribution >= 0.6 is 11.3 Å². The molecule has 0 atom stereocenters. The Morgan fingerprint density at radius 2 is 1.81 bits per heavy atom. The van der Waals surface area contributed by atoms with Crippen LogP contribution in [0.5, 0.6) is 0 Å². The first-order valence-corrected chi connectivity index (χ1v) is 12.8. The van der Waals surface area contributed by atoms with Gasteiger partial charge >= 0.3 is 5.97 Å². The number of esters is 1. The van der Waals surface area contributed by atoms with Crippen molar-refractivity contribution in [2.24, 2.45) is 10.1 Å². The predicted molar refractivity (Wildman–Crippen MR) is 113 cm³/mol. The quantitative estimate of drug-likeness (QED) is 0.523. The fraction of sp³-hybridized carbons (Fsp3) is 0.167. The van der Waals surface area contributed by atoms with Crippen LogP contribution in [0.2, 0.25) is 0 Å². The fourth-order valence-electron chi connectivity index (χ4n) is 2.78. The van der Waals surface area contributed by atoms with Gasteiger partial charge < -0.3 is 9.30 Å². The number of hydrogen-bond acceptors (Lipinski definition) is 8. The Balaban J connectivity index is 2.25. The van der Waals surface area contributed by atoms with Crippen molar-refractivity contribution in [3.05, 3.63) is 52.8 Å². The Morgan fingerprint density at radius 1 is 1.13 bits per heavy atom. The van der Waals surface area contributed by atoms with Crippen LogP contribution in [0.4, 0.5) is 0 Å². The number of carbonyl (C=O) groups is 2. The molecule has 164 valence electrons. The minimum absolute atomic E-state index is 0.0558. The molecule has 0 spiro atoms. The molecule has 0 fully saturated rings. The third kappa shape index (κ3) is 4.90. The number of methoxy groups -OCH3 is 1. The smallest absolute Gasteiger partial charge is 0.325 e. The number of hydrogen-bond donors (Lipinski definition) is 1. The number of carbonyl (C=O) groups excluding carboxylic acids is 2. The number of sulfone groups is 1. The molecule has 2 aromatic carbocycles. The van der Waals surface area contributed by atoms with Gasteiger partial charge in [-0.2, -0.15) is 4.99 Å². The van der Waals surface area contributed by atoms with E-state index < -0.39 is 31.7 Å². The number of sulfonamides is 1. The summed E-state index contributed by atoms with van der Waals surface area (Å²) in [7, 11) is -6.47. The van der Waals surface area contributed by atoms with Gasteiger partial charge in [0.25, 0.3) is 5.91 Å². The summed E-state index contributed by atoms with van der Waals surface area (Å²) < 4.78 is 53.8. The van der Waals surface area contributed by atoms with Gasteiger partial charge in [-0.15, -0.1) is 0 Å². The van der Waals surface area contributed by atoms with E-state index in [9.17, 15) is 26.4 Å². The highest BCUT2D eigenvalue weighted by molar-refractivity contribution is 7.90. The van der Waals surface area contributed by atoms with Gasteiger partial charge in [-0.05, 0) is 30.3 Å². The Hall–Kier alpha value is -2.87. The van der Waals surface area contributed by atoms with Crippen molar-refractivity contribution in [3.63, 3.8) is 0 Å². The second kappa shape index (κ2) is 8.34. The van der Waals surface area contributed by atoms with Crippen molar-refractivity contribution in [2.75, 3.05) is 13.4 Å². The van der Waals surface area contributed by atoms with Gasteiger partial charge in [0.1, 0.15) is 6.54 Å². The van der Waals surface area contributed by atoms with Crippen LogP contribution in [0.15, 0.2) is 57.2 Å². The van der Waals surface area contributed by atoms with E-state index >= 15 is 0 Å². The van der Waals surface area contributed by atoms with Crippen LogP contribution in [0.1, 0.15) is 10.4 Å². The molecular weight excluding hydrogens is 466 g/mol. The zero-order valence-corrected chi connectivity index (χ0v) is 18.8. The molecule has 0 aliphatic carbocycles. The number of primary sulfonamides is 1. The molecule has 0 aliphatic heterocycles. The highest BCUT2D eigenvalue weighted by Crippen LogP contribution is 2.22. The topological polar surface area (TPSA) is 155 Å². The summed E-state index contributed by atoms with van der Waals surface area (Å²) in [6.45, 7) is -0.301. The highest BCUT2D eigenvalue weighted by Gasteiger charge is 2.19. The van der Waals surface area contributed by atoms with E-state index in [0.717, 1.165) is 17.6 Å². The summed E-state index contributed by atoms with van der Waals surface area (Å²) in [5.41, 5.74) is 0.294. The van der Waals surface area contributed by atoms with E-state index in [4.69, 9.17) is 5.14 Å². The number of ether oxygens (including phenoxy) is 1. The first-order valence-electron chi connectivity index (χ1n) is 8.53. The van der Waals surface area contributed by atoms with Crippen LogP contribution in [-0.4, -0.2) is 46.6 Å². The third-order valence-corrected chi connectivity index (χ3v) is 7.32. The molecule has 10 nitrogen and oxygen atoms in total. The summed E-state index contributed by atoms with van der Waals surface area (Å²) in [5.74, 6) is -1.46. The van der Waals surface area contributed by atoms with Crippen molar-refractivity contribution in [1.29, 1.82) is 0 Å². The predicted octanol–water partition coefficient (Wildman–Crippen LogP) is 0.668. The number of rotatable bonds is 5. The number of benzene rings is 2. The van der Waals surface area contributed by atoms with Gasteiger partial charge in [0.2, 0.25) is 10.0 Å². The Bertz CT molecular complexity index is 1480. The Morgan fingerprint density at radius 3 is 2.42 bits per heavy atom. The summed E-state index contributed by atoms with van der Waals surface area (Å²) in [6, 6.07) is 9.62. The van der Waals surface area contributed by atoms with Gasteiger partial charge in [-0.3, -0.25) is 9.59 Å². The molecule has 0 aliphatic rings. The zero-order chi connectivity index (χ0) is 23.0. The van der Waals surface area contributed by atoms with Gasteiger partial charge in [0, 0.05) is 6.26 Å².